The minimum absolute atomic E-state index is 0.0916. The van der Waals surface area contributed by atoms with Crippen molar-refractivity contribution in [1.82, 2.24) is 14.9 Å². The molecule has 0 saturated heterocycles. The first kappa shape index (κ1) is 17.6. The minimum Gasteiger partial charge on any atom is -0.343 e. The van der Waals surface area contributed by atoms with Gasteiger partial charge in [0.05, 0.1) is 18.2 Å². The van der Waals surface area contributed by atoms with Crippen molar-refractivity contribution in [2.75, 3.05) is 31.0 Å². The Kier molecular flexibility index (Phi) is 5.85. The molecule has 3 N–H and O–H groups in total. The van der Waals surface area contributed by atoms with Gasteiger partial charge in [0.25, 0.3) is 10.0 Å². The molecule has 1 aliphatic heterocycles. The maximum atomic E-state index is 12.3. The van der Waals surface area contributed by atoms with Crippen molar-refractivity contribution in [3.8, 4) is 0 Å². The van der Waals surface area contributed by atoms with E-state index in [1.165, 1.54) is 31.2 Å². The summed E-state index contributed by atoms with van der Waals surface area (Å²) in [5.41, 5.74) is 0.534. The first-order chi connectivity index (χ1) is 10.9. The molecule has 1 amide bonds. The average molecular weight is 357 g/mol. The molecule has 0 aromatic heterocycles. The Morgan fingerprint density at radius 1 is 1.39 bits per heavy atom. The van der Waals surface area contributed by atoms with E-state index in [1.54, 1.807) is 0 Å². The van der Waals surface area contributed by atoms with E-state index >= 15 is 0 Å². The first-order valence-corrected chi connectivity index (χ1v) is 9.04. The van der Waals surface area contributed by atoms with Crippen LogP contribution in [0.25, 0.3) is 0 Å². The molecule has 1 aliphatic rings. The first-order valence-electron chi connectivity index (χ1n) is 6.93. The minimum atomic E-state index is -3.72. The number of thiol groups is 1. The molecule has 0 spiro atoms. The SMILES string of the molecule is CC(=O)Nc1ccc(S(=O)(=O)NC2=NCN(CCS)CN2)cc1. The normalized spacial score (nSPS) is 15.5. The van der Waals surface area contributed by atoms with Gasteiger partial charge in [-0.15, -0.1) is 0 Å². The lowest BCUT2D eigenvalue weighted by atomic mass is 10.3. The highest BCUT2D eigenvalue weighted by Gasteiger charge is 2.19. The number of nitrogens with zero attached hydrogens (tertiary/aromatic N) is 2. The third-order valence-electron chi connectivity index (χ3n) is 3.03. The van der Waals surface area contributed by atoms with Crippen molar-refractivity contribution in [3.05, 3.63) is 24.3 Å². The highest BCUT2D eigenvalue weighted by Crippen LogP contribution is 2.14. The zero-order valence-corrected chi connectivity index (χ0v) is 14.3. The van der Waals surface area contributed by atoms with E-state index in [1.807, 2.05) is 4.90 Å². The van der Waals surface area contributed by atoms with Crippen molar-refractivity contribution in [2.45, 2.75) is 11.8 Å². The second kappa shape index (κ2) is 7.66. The van der Waals surface area contributed by atoms with Gasteiger partial charge in [0.15, 0.2) is 0 Å². The van der Waals surface area contributed by atoms with Gasteiger partial charge in [-0.1, -0.05) is 0 Å². The monoisotopic (exact) mass is 357 g/mol. The lowest BCUT2D eigenvalue weighted by Crippen LogP contribution is -2.50. The number of carbonyl (C=O) groups is 1. The van der Waals surface area contributed by atoms with Gasteiger partial charge in [0, 0.05) is 24.9 Å². The highest BCUT2D eigenvalue weighted by atomic mass is 32.2. The zero-order chi connectivity index (χ0) is 16.9. The van der Waals surface area contributed by atoms with Gasteiger partial charge in [0.1, 0.15) is 0 Å². The predicted octanol–water partition coefficient (Wildman–Crippen LogP) is 0.0293. The molecule has 0 bridgehead atoms. The van der Waals surface area contributed by atoms with Crippen LogP contribution in [0.15, 0.2) is 34.2 Å². The molecule has 0 aliphatic carbocycles. The number of benzene rings is 1. The highest BCUT2D eigenvalue weighted by molar-refractivity contribution is 7.90. The molecule has 8 nitrogen and oxygen atoms in total. The summed E-state index contributed by atoms with van der Waals surface area (Å²) in [4.78, 5) is 17.2. The number of amides is 1. The van der Waals surface area contributed by atoms with Crippen LogP contribution in [0.2, 0.25) is 0 Å². The molecule has 1 aromatic rings. The molecular formula is C13H19N5O3S2. The fourth-order valence-electron chi connectivity index (χ4n) is 1.93. The Balaban J connectivity index is 2.03. The van der Waals surface area contributed by atoms with Crippen LogP contribution in [0.4, 0.5) is 5.69 Å². The summed E-state index contributed by atoms with van der Waals surface area (Å²) >= 11 is 4.14. The molecule has 0 unspecified atom stereocenters. The van der Waals surface area contributed by atoms with E-state index in [2.05, 4.69) is 33.0 Å². The van der Waals surface area contributed by atoms with Crippen molar-refractivity contribution >= 4 is 40.2 Å². The van der Waals surface area contributed by atoms with Gasteiger partial charge < -0.3 is 10.6 Å². The fraction of sp³-hybridized carbons (Fsp3) is 0.385. The number of hydrogen-bond acceptors (Lipinski definition) is 7. The number of rotatable bonds is 5. The molecule has 10 heteroatoms. The molecule has 0 saturated carbocycles. The summed E-state index contributed by atoms with van der Waals surface area (Å²) in [6, 6.07) is 5.90. The molecule has 1 aromatic carbocycles. The number of carbonyl (C=O) groups excluding carboxylic acids is 1. The van der Waals surface area contributed by atoms with Crippen LogP contribution >= 0.6 is 12.6 Å². The van der Waals surface area contributed by atoms with Crippen molar-refractivity contribution in [2.24, 2.45) is 4.99 Å². The summed E-state index contributed by atoms with van der Waals surface area (Å²) in [5, 5.41) is 5.49. The second-order valence-electron chi connectivity index (χ2n) is 4.91. The topological polar surface area (TPSA) is 103 Å². The summed E-state index contributed by atoms with van der Waals surface area (Å²) in [5.74, 6) is 0.704. The number of aliphatic imine (C=N–C) groups is 1. The summed E-state index contributed by atoms with van der Waals surface area (Å²) in [6.07, 6.45) is 0. The van der Waals surface area contributed by atoms with Gasteiger partial charge in [-0.2, -0.15) is 12.6 Å². The number of guanidine groups is 1. The second-order valence-corrected chi connectivity index (χ2v) is 7.04. The van der Waals surface area contributed by atoms with E-state index in [4.69, 9.17) is 0 Å². The van der Waals surface area contributed by atoms with Crippen molar-refractivity contribution < 1.29 is 13.2 Å². The van der Waals surface area contributed by atoms with Crippen LogP contribution < -0.4 is 15.4 Å². The Bertz CT molecular complexity index is 688. The van der Waals surface area contributed by atoms with Crippen LogP contribution in [0, 0.1) is 0 Å². The Hall–Kier alpha value is -1.78. The number of sulfonamides is 1. The van der Waals surface area contributed by atoms with E-state index in [0.29, 0.717) is 24.8 Å². The van der Waals surface area contributed by atoms with Crippen LogP contribution in [0.5, 0.6) is 0 Å². The van der Waals surface area contributed by atoms with Crippen LogP contribution in [0.1, 0.15) is 6.92 Å². The molecule has 23 heavy (non-hydrogen) atoms. The molecule has 126 valence electrons. The Morgan fingerprint density at radius 3 is 2.61 bits per heavy atom. The van der Waals surface area contributed by atoms with Crippen LogP contribution in [0.3, 0.4) is 0 Å². The average Bonchev–Trinajstić information content (AvgIpc) is 2.49. The van der Waals surface area contributed by atoms with Gasteiger partial charge >= 0.3 is 0 Å². The smallest absolute Gasteiger partial charge is 0.264 e. The van der Waals surface area contributed by atoms with Gasteiger partial charge in [-0.3, -0.25) is 9.69 Å². The third kappa shape index (κ3) is 5.12. The zero-order valence-electron chi connectivity index (χ0n) is 12.6. The van der Waals surface area contributed by atoms with Gasteiger partial charge in [-0.25, -0.2) is 18.1 Å². The quantitative estimate of drug-likeness (QED) is 0.557. The fourth-order valence-corrected chi connectivity index (χ4v) is 3.22. The maximum Gasteiger partial charge on any atom is 0.264 e. The van der Waals surface area contributed by atoms with Gasteiger partial charge in [-0.05, 0) is 24.3 Å². The van der Waals surface area contributed by atoms with Crippen LogP contribution in [-0.4, -0.2) is 50.8 Å². The molecule has 0 fully saturated rings. The standard InChI is InChI=1S/C13H19N5O3S2/c1-10(19)16-11-2-4-12(5-3-11)23(20,21)17-13-14-8-18(6-7-22)9-15-13/h2-5,22H,6-9H2,1H3,(H,16,19)(H2,14,15,17). The lowest BCUT2D eigenvalue weighted by Gasteiger charge is -2.26. The third-order valence-corrected chi connectivity index (χ3v) is 4.59. The van der Waals surface area contributed by atoms with Crippen molar-refractivity contribution in [3.63, 3.8) is 0 Å². The lowest BCUT2D eigenvalue weighted by molar-refractivity contribution is -0.114. The number of hydrogen-bond donors (Lipinski definition) is 4. The molecule has 0 atom stereocenters. The summed E-state index contributed by atoms with van der Waals surface area (Å²) in [7, 11) is -3.72. The summed E-state index contributed by atoms with van der Waals surface area (Å²) < 4.78 is 27.0. The Labute approximate surface area is 140 Å². The van der Waals surface area contributed by atoms with E-state index in [-0.39, 0.29) is 16.8 Å². The predicted molar refractivity (Wildman–Crippen MR) is 91.9 cm³/mol. The molecular weight excluding hydrogens is 338 g/mol. The van der Waals surface area contributed by atoms with E-state index < -0.39 is 10.0 Å². The van der Waals surface area contributed by atoms with Crippen LogP contribution in [-0.2, 0) is 14.8 Å². The van der Waals surface area contributed by atoms with Crippen molar-refractivity contribution in [1.29, 1.82) is 0 Å². The number of nitrogens with one attached hydrogen (secondary N) is 3. The molecule has 0 radical (unpaired) electrons. The Morgan fingerprint density at radius 2 is 2.09 bits per heavy atom. The van der Waals surface area contributed by atoms with Gasteiger partial charge in [0.2, 0.25) is 11.9 Å². The molecule has 1 heterocycles. The summed E-state index contributed by atoms with van der Waals surface area (Å²) in [6.45, 7) is 3.07. The number of anilines is 1. The largest absolute Gasteiger partial charge is 0.343 e. The van der Waals surface area contributed by atoms with E-state index in [9.17, 15) is 13.2 Å². The maximum absolute atomic E-state index is 12.3. The molecule has 2 rings (SSSR count). The van der Waals surface area contributed by atoms with E-state index in [0.717, 1.165) is 6.54 Å².